The van der Waals surface area contributed by atoms with E-state index < -0.39 is 11.9 Å². The van der Waals surface area contributed by atoms with Crippen LogP contribution in [0.4, 0.5) is 18.9 Å². The van der Waals surface area contributed by atoms with E-state index in [4.69, 9.17) is 0 Å². The van der Waals surface area contributed by atoms with Gasteiger partial charge >= 0.3 is 6.18 Å². The van der Waals surface area contributed by atoms with Crippen molar-refractivity contribution in [1.82, 2.24) is 19.6 Å². The molecule has 2 aromatic rings. The molecule has 0 fully saturated rings. The maximum Gasteiger partial charge on any atom is 0.433 e. The molecule has 0 unspecified atom stereocenters. The number of anilines is 1. The summed E-state index contributed by atoms with van der Waals surface area (Å²) in [6.07, 6.45) is -1.57. The lowest BCUT2D eigenvalue weighted by Gasteiger charge is -2.11. The number of alkyl halides is 3. The fraction of sp³-hybridized carbons (Fsp3) is 0.500. The number of hydrogen-bond acceptors (Lipinski definition) is 3. The number of nitrogens with zero attached hydrogens (tertiary/aromatic N) is 4. The largest absolute Gasteiger partial charge is 0.433 e. The minimum atomic E-state index is -4.41. The van der Waals surface area contributed by atoms with Crippen molar-refractivity contribution in [2.75, 3.05) is 5.32 Å². The molecule has 0 aliphatic rings. The first-order chi connectivity index (χ1) is 9.34. The van der Waals surface area contributed by atoms with Crippen molar-refractivity contribution in [2.24, 2.45) is 7.05 Å². The standard InChI is InChI=1S/C12H16F3N5.ClH/c1-4-20-8(2)10(7-18-20)16-5-9-6-17-19(3)11(9)12(13,14)15;/h6-7,16H,4-5H2,1-3H3;1H. The molecule has 0 saturated carbocycles. The van der Waals surface area contributed by atoms with Gasteiger partial charge in [0.05, 0.1) is 23.8 Å². The van der Waals surface area contributed by atoms with Gasteiger partial charge in [-0.05, 0) is 13.8 Å². The fourth-order valence-electron chi connectivity index (χ4n) is 2.11. The molecular formula is C12H17ClF3N5. The predicted molar refractivity (Wildman–Crippen MR) is 75.4 cm³/mol. The second kappa shape index (κ2) is 6.38. The van der Waals surface area contributed by atoms with Crippen LogP contribution in [0.2, 0.25) is 0 Å². The highest BCUT2D eigenvalue weighted by molar-refractivity contribution is 5.85. The van der Waals surface area contributed by atoms with Gasteiger partial charge in [0.15, 0.2) is 0 Å². The van der Waals surface area contributed by atoms with Crippen LogP contribution in [0.3, 0.4) is 0 Å². The molecule has 0 amide bonds. The summed E-state index contributed by atoms with van der Waals surface area (Å²) in [5.41, 5.74) is 1.00. The van der Waals surface area contributed by atoms with Gasteiger partial charge in [0.2, 0.25) is 0 Å². The maximum absolute atomic E-state index is 12.9. The fourth-order valence-corrected chi connectivity index (χ4v) is 2.11. The summed E-state index contributed by atoms with van der Waals surface area (Å²) in [5.74, 6) is 0. The summed E-state index contributed by atoms with van der Waals surface area (Å²) in [7, 11) is 1.28. The van der Waals surface area contributed by atoms with Crippen LogP contribution in [0.5, 0.6) is 0 Å². The molecule has 0 aromatic carbocycles. The van der Waals surface area contributed by atoms with Crippen molar-refractivity contribution < 1.29 is 13.2 Å². The quantitative estimate of drug-likeness (QED) is 0.941. The molecule has 0 atom stereocenters. The predicted octanol–water partition coefficient (Wildman–Crippen LogP) is 3.00. The molecule has 0 bridgehead atoms. The molecule has 0 radical (unpaired) electrons. The van der Waals surface area contributed by atoms with Gasteiger partial charge in [-0.3, -0.25) is 9.36 Å². The van der Waals surface area contributed by atoms with Crippen molar-refractivity contribution in [3.05, 3.63) is 29.3 Å². The average molecular weight is 324 g/mol. The van der Waals surface area contributed by atoms with Crippen LogP contribution in [-0.2, 0) is 26.3 Å². The van der Waals surface area contributed by atoms with Crippen LogP contribution in [0.1, 0.15) is 23.9 Å². The number of hydrogen-bond donors (Lipinski definition) is 1. The number of nitrogens with one attached hydrogen (secondary N) is 1. The van der Waals surface area contributed by atoms with E-state index in [1.54, 1.807) is 10.9 Å². The van der Waals surface area contributed by atoms with E-state index in [-0.39, 0.29) is 24.5 Å². The van der Waals surface area contributed by atoms with Gasteiger partial charge < -0.3 is 5.32 Å². The lowest BCUT2D eigenvalue weighted by Crippen LogP contribution is -2.15. The van der Waals surface area contributed by atoms with E-state index >= 15 is 0 Å². The van der Waals surface area contributed by atoms with Gasteiger partial charge in [0.25, 0.3) is 0 Å². The molecule has 0 saturated heterocycles. The molecule has 21 heavy (non-hydrogen) atoms. The first-order valence-electron chi connectivity index (χ1n) is 6.19. The Hall–Kier alpha value is -1.70. The Morgan fingerprint density at radius 2 is 1.90 bits per heavy atom. The van der Waals surface area contributed by atoms with Crippen molar-refractivity contribution >= 4 is 18.1 Å². The summed E-state index contributed by atoms with van der Waals surface area (Å²) in [5, 5.41) is 10.8. The van der Waals surface area contributed by atoms with Gasteiger partial charge in [-0.15, -0.1) is 12.4 Å². The van der Waals surface area contributed by atoms with E-state index in [0.717, 1.165) is 16.1 Å². The Bertz CT molecular complexity index is 603. The maximum atomic E-state index is 12.9. The molecule has 5 nitrogen and oxygen atoms in total. The van der Waals surface area contributed by atoms with E-state index in [0.29, 0.717) is 6.54 Å². The Balaban J connectivity index is 0.00000220. The molecule has 118 valence electrons. The Kier molecular flexibility index (Phi) is 5.27. The van der Waals surface area contributed by atoms with E-state index in [9.17, 15) is 13.2 Å². The zero-order valence-corrected chi connectivity index (χ0v) is 12.7. The highest BCUT2D eigenvalue weighted by Crippen LogP contribution is 2.31. The van der Waals surface area contributed by atoms with Crippen LogP contribution < -0.4 is 5.32 Å². The third-order valence-electron chi connectivity index (χ3n) is 3.16. The Morgan fingerprint density at radius 3 is 2.43 bits per heavy atom. The number of rotatable bonds is 4. The van der Waals surface area contributed by atoms with Gasteiger partial charge in [0.1, 0.15) is 5.69 Å². The lowest BCUT2D eigenvalue weighted by atomic mass is 10.2. The minimum Gasteiger partial charge on any atom is -0.378 e. The van der Waals surface area contributed by atoms with Crippen LogP contribution in [0.25, 0.3) is 0 Å². The summed E-state index contributed by atoms with van der Waals surface area (Å²) < 4.78 is 41.3. The second-order valence-corrected chi connectivity index (χ2v) is 4.45. The minimum absolute atomic E-state index is 0. The summed E-state index contributed by atoms with van der Waals surface area (Å²) in [4.78, 5) is 0. The van der Waals surface area contributed by atoms with Gasteiger partial charge in [0, 0.05) is 25.7 Å². The number of halogens is 4. The molecule has 2 rings (SSSR count). The third kappa shape index (κ3) is 3.49. The van der Waals surface area contributed by atoms with E-state index in [1.165, 1.54) is 13.2 Å². The lowest BCUT2D eigenvalue weighted by molar-refractivity contribution is -0.144. The van der Waals surface area contributed by atoms with Gasteiger partial charge in [-0.25, -0.2) is 0 Å². The Morgan fingerprint density at radius 1 is 1.24 bits per heavy atom. The monoisotopic (exact) mass is 323 g/mol. The molecule has 9 heteroatoms. The zero-order chi connectivity index (χ0) is 14.9. The Labute approximate surface area is 126 Å². The molecule has 1 N–H and O–H groups in total. The molecular weight excluding hydrogens is 307 g/mol. The van der Waals surface area contributed by atoms with Crippen molar-refractivity contribution in [1.29, 1.82) is 0 Å². The van der Waals surface area contributed by atoms with Crippen LogP contribution in [-0.4, -0.2) is 19.6 Å². The van der Waals surface area contributed by atoms with Gasteiger partial charge in [-0.1, -0.05) is 0 Å². The summed E-state index contributed by atoms with van der Waals surface area (Å²) >= 11 is 0. The topological polar surface area (TPSA) is 47.7 Å². The molecule has 0 aliphatic heterocycles. The number of aryl methyl sites for hydroxylation is 2. The van der Waals surface area contributed by atoms with Crippen molar-refractivity contribution in [3.63, 3.8) is 0 Å². The molecule has 0 aliphatic carbocycles. The first-order valence-corrected chi connectivity index (χ1v) is 6.19. The van der Waals surface area contributed by atoms with Gasteiger partial charge in [-0.2, -0.15) is 23.4 Å². The summed E-state index contributed by atoms with van der Waals surface area (Å²) in [6.45, 7) is 4.59. The van der Waals surface area contributed by atoms with Crippen LogP contribution >= 0.6 is 12.4 Å². The number of aromatic nitrogens is 4. The SMILES string of the molecule is CCn1ncc(NCc2cnn(C)c2C(F)(F)F)c1C.Cl. The van der Waals surface area contributed by atoms with Crippen molar-refractivity contribution in [2.45, 2.75) is 33.1 Å². The smallest absolute Gasteiger partial charge is 0.378 e. The van der Waals surface area contributed by atoms with Crippen LogP contribution in [0.15, 0.2) is 12.4 Å². The average Bonchev–Trinajstić information content (AvgIpc) is 2.89. The first kappa shape index (κ1) is 17.4. The molecule has 2 aromatic heterocycles. The summed E-state index contributed by atoms with van der Waals surface area (Å²) in [6, 6.07) is 0. The normalized spacial score (nSPS) is 11.3. The van der Waals surface area contributed by atoms with Crippen molar-refractivity contribution in [3.8, 4) is 0 Å². The highest BCUT2D eigenvalue weighted by atomic mass is 35.5. The molecule has 2 heterocycles. The second-order valence-electron chi connectivity index (χ2n) is 4.45. The molecule has 0 spiro atoms. The highest BCUT2D eigenvalue weighted by Gasteiger charge is 2.37. The third-order valence-corrected chi connectivity index (χ3v) is 3.16. The van der Waals surface area contributed by atoms with E-state index in [1.807, 2.05) is 13.8 Å². The van der Waals surface area contributed by atoms with E-state index in [2.05, 4.69) is 15.5 Å². The van der Waals surface area contributed by atoms with Crippen LogP contribution in [0, 0.1) is 6.92 Å². The zero-order valence-electron chi connectivity index (χ0n) is 11.9.